The highest BCUT2D eigenvalue weighted by molar-refractivity contribution is 7.97. The monoisotopic (exact) mass is 203 g/mol. The third-order valence-corrected chi connectivity index (χ3v) is 2.29. The number of sulfone groups is 1. The Morgan fingerprint density at radius 2 is 1.69 bits per heavy atom. The summed E-state index contributed by atoms with van der Waals surface area (Å²) in [7, 11) is -3.13. The average molecular weight is 203 g/mol. The second-order valence-electron chi connectivity index (χ2n) is 2.43. The van der Waals surface area contributed by atoms with E-state index in [1.54, 1.807) is 11.8 Å². The number of nitrogens with zero attached hydrogens (tertiary/aromatic N) is 1. The summed E-state index contributed by atoms with van der Waals surface area (Å²) < 4.78 is 20.3. The minimum atomic E-state index is -3.13. The van der Waals surface area contributed by atoms with Crippen molar-refractivity contribution in [3.63, 3.8) is 0 Å². The first-order valence-electron chi connectivity index (χ1n) is 3.68. The number of rotatable bonds is 2. The summed E-state index contributed by atoms with van der Waals surface area (Å²) in [4.78, 5) is 11.9. The van der Waals surface area contributed by atoms with Gasteiger partial charge in [-0.3, -0.25) is 4.79 Å². The highest BCUT2D eigenvalue weighted by atomic mass is 32.2. The predicted molar refractivity (Wildman–Crippen MR) is 51.6 cm³/mol. The van der Waals surface area contributed by atoms with Crippen LogP contribution in [0, 0.1) is 0 Å². The van der Waals surface area contributed by atoms with Crippen molar-refractivity contribution < 1.29 is 13.2 Å². The van der Waals surface area contributed by atoms with Gasteiger partial charge in [0.05, 0.1) is 0 Å². The highest BCUT2D eigenvalue weighted by Crippen LogP contribution is 2.00. The van der Waals surface area contributed by atoms with Crippen molar-refractivity contribution in [3.8, 4) is 0 Å². The van der Waals surface area contributed by atoms with Gasteiger partial charge in [-0.25, -0.2) is 8.42 Å². The summed E-state index contributed by atoms with van der Waals surface area (Å²) in [5.41, 5.74) is 0. The fourth-order valence-corrected chi connectivity index (χ4v) is 0.569. The Bertz CT molecular complexity index is 287. The van der Waals surface area contributed by atoms with Gasteiger partial charge in [-0.05, 0) is 0 Å². The molecule has 1 rings (SSSR count). The van der Waals surface area contributed by atoms with Gasteiger partial charge >= 0.3 is 0 Å². The van der Waals surface area contributed by atoms with Gasteiger partial charge in [0, 0.05) is 30.8 Å². The normalized spacial score (nSPS) is 13.8. The highest BCUT2D eigenvalue weighted by Gasteiger charge is 2.18. The Hall–Kier alpha value is -1.10. The molecular weight excluding hydrogens is 190 g/mol. The Morgan fingerprint density at radius 1 is 1.31 bits per heavy atom. The Balaban J connectivity index is 0.000000223. The number of hydrogen-bond acceptors (Lipinski definition) is 3. The van der Waals surface area contributed by atoms with Gasteiger partial charge in [-0.1, -0.05) is 13.2 Å². The lowest BCUT2D eigenvalue weighted by molar-refractivity contribution is -0.123. The molecule has 1 aliphatic heterocycles. The third-order valence-electron chi connectivity index (χ3n) is 1.36. The minimum absolute atomic E-state index is 0.204. The second kappa shape index (κ2) is 4.81. The molecule has 0 bridgehead atoms. The van der Waals surface area contributed by atoms with Gasteiger partial charge < -0.3 is 4.90 Å². The molecule has 1 aliphatic rings. The quantitative estimate of drug-likeness (QED) is 0.615. The molecule has 4 nitrogen and oxygen atoms in total. The predicted octanol–water partition coefficient (Wildman–Crippen LogP) is 0.537. The number of hydrogen-bond donors (Lipinski definition) is 0. The van der Waals surface area contributed by atoms with E-state index in [1.165, 1.54) is 0 Å². The first kappa shape index (κ1) is 11.9. The van der Waals surface area contributed by atoms with Crippen molar-refractivity contribution in [1.82, 2.24) is 4.90 Å². The summed E-state index contributed by atoms with van der Waals surface area (Å²) in [5, 5.41) is 1.69. The molecule has 0 aromatic rings. The molecule has 1 amide bonds. The lowest BCUT2D eigenvalue weighted by Crippen LogP contribution is -2.02. The molecule has 13 heavy (non-hydrogen) atoms. The Morgan fingerprint density at radius 3 is 1.69 bits per heavy atom. The zero-order valence-electron chi connectivity index (χ0n) is 7.56. The van der Waals surface area contributed by atoms with E-state index in [0.717, 1.165) is 23.9 Å². The summed E-state index contributed by atoms with van der Waals surface area (Å²) in [5.74, 6) is 0.204. The van der Waals surface area contributed by atoms with E-state index in [2.05, 4.69) is 13.2 Å². The van der Waals surface area contributed by atoms with Gasteiger partial charge in [0.15, 0.2) is 9.84 Å². The van der Waals surface area contributed by atoms with Crippen LogP contribution in [0.2, 0.25) is 0 Å². The second-order valence-corrected chi connectivity index (χ2v) is 4.27. The van der Waals surface area contributed by atoms with Crippen molar-refractivity contribution in [3.05, 3.63) is 24.0 Å². The molecule has 0 atom stereocenters. The fraction of sp³-hybridized carbons (Fsp3) is 0.375. The van der Waals surface area contributed by atoms with Crippen molar-refractivity contribution in [2.45, 2.75) is 6.92 Å². The molecule has 0 aromatic carbocycles. The zero-order chi connectivity index (χ0) is 10.5. The van der Waals surface area contributed by atoms with E-state index >= 15 is 0 Å². The molecule has 1 saturated heterocycles. The van der Waals surface area contributed by atoms with E-state index in [1.807, 2.05) is 0 Å². The maximum Gasteiger partial charge on any atom is 0.219 e. The lowest BCUT2D eigenvalue weighted by Gasteiger charge is -1.85. The van der Waals surface area contributed by atoms with Crippen LogP contribution >= 0.6 is 0 Å². The van der Waals surface area contributed by atoms with Crippen LogP contribution in [0.5, 0.6) is 0 Å². The van der Waals surface area contributed by atoms with E-state index in [9.17, 15) is 13.2 Å². The largest absolute Gasteiger partial charge is 0.339 e. The number of carbonyl (C=O) groups excluding carboxylic acids is 1. The van der Waals surface area contributed by atoms with Crippen LogP contribution < -0.4 is 0 Å². The standard InChI is InChI=1S/C4H7NO.C4H6O2S/c1-4(6)5-2-3-5;1-3-7(5,6)4-2/h2-3H2,1H3;3-4H,1-2H2. The van der Waals surface area contributed by atoms with Crippen LogP contribution in [0.25, 0.3) is 0 Å². The van der Waals surface area contributed by atoms with Crippen molar-refractivity contribution in [2.75, 3.05) is 13.1 Å². The summed E-state index contributed by atoms with van der Waals surface area (Å²) in [6, 6.07) is 0. The smallest absolute Gasteiger partial charge is 0.219 e. The van der Waals surface area contributed by atoms with Crippen LogP contribution in [0.15, 0.2) is 24.0 Å². The van der Waals surface area contributed by atoms with E-state index in [4.69, 9.17) is 0 Å². The zero-order valence-corrected chi connectivity index (χ0v) is 8.38. The van der Waals surface area contributed by atoms with E-state index < -0.39 is 9.84 Å². The molecule has 0 aromatic heterocycles. The van der Waals surface area contributed by atoms with Crippen LogP contribution in [-0.2, 0) is 14.6 Å². The van der Waals surface area contributed by atoms with Gasteiger partial charge in [0.2, 0.25) is 5.91 Å². The molecule has 74 valence electrons. The van der Waals surface area contributed by atoms with E-state index in [0.29, 0.717) is 0 Å². The third kappa shape index (κ3) is 6.10. The van der Waals surface area contributed by atoms with Gasteiger partial charge in [-0.15, -0.1) is 0 Å². The van der Waals surface area contributed by atoms with E-state index in [-0.39, 0.29) is 5.91 Å². The van der Waals surface area contributed by atoms with Gasteiger partial charge in [-0.2, -0.15) is 0 Å². The molecule has 1 heterocycles. The van der Waals surface area contributed by atoms with Crippen LogP contribution in [0.1, 0.15) is 6.92 Å². The maximum absolute atomic E-state index is 10.1. The molecule has 5 heteroatoms. The summed E-state index contributed by atoms with van der Waals surface area (Å²) >= 11 is 0. The molecular formula is C8H13NO3S. The average Bonchev–Trinajstić information content (AvgIpc) is 2.88. The summed E-state index contributed by atoms with van der Waals surface area (Å²) in [6.45, 7) is 9.64. The number of amides is 1. The SMILES string of the molecule is C=CS(=O)(=O)C=C.CC(=O)N1CC1. The molecule has 1 fully saturated rings. The molecule has 0 unspecified atom stereocenters. The number of carbonyl (C=O) groups is 1. The first-order valence-corrected chi connectivity index (χ1v) is 5.29. The lowest BCUT2D eigenvalue weighted by atomic mass is 10.7. The van der Waals surface area contributed by atoms with Crippen molar-refractivity contribution in [2.24, 2.45) is 0 Å². The molecule has 0 radical (unpaired) electrons. The maximum atomic E-state index is 10.1. The molecule has 0 spiro atoms. The van der Waals surface area contributed by atoms with Gasteiger partial charge in [0.1, 0.15) is 0 Å². The molecule has 0 saturated carbocycles. The molecule has 0 N–H and O–H groups in total. The Labute approximate surface area is 78.5 Å². The van der Waals surface area contributed by atoms with Crippen LogP contribution in [-0.4, -0.2) is 32.3 Å². The first-order chi connectivity index (χ1) is 5.93. The minimum Gasteiger partial charge on any atom is -0.339 e. The molecule has 0 aliphatic carbocycles. The Kier molecular flexibility index (Phi) is 4.40. The van der Waals surface area contributed by atoms with Crippen LogP contribution in [0.3, 0.4) is 0 Å². The van der Waals surface area contributed by atoms with Crippen LogP contribution in [0.4, 0.5) is 0 Å². The van der Waals surface area contributed by atoms with Crippen molar-refractivity contribution in [1.29, 1.82) is 0 Å². The topological polar surface area (TPSA) is 54.2 Å². The van der Waals surface area contributed by atoms with Gasteiger partial charge in [0.25, 0.3) is 0 Å². The fourth-order valence-electron chi connectivity index (χ4n) is 0.433. The van der Waals surface area contributed by atoms with Crippen molar-refractivity contribution >= 4 is 15.7 Å². The summed E-state index contributed by atoms with van der Waals surface area (Å²) in [6.07, 6.45) is 0.